The summed E-state index contributed by atoms with van der Waals surface area (Å²) in [7, 11) is -2.97. The van der Waals surface area contributed by atoms with Gasteiger partial charge < -0.3 is 4.57 Å². The van der Waals surface area contributed by atoms with E-state index in [-0.39, 0.29) is 0 Å². The lowest BCUT2D eigenvalue weighted by Gasteiger charge is -2.13. The predicted molar refractivity (Wildman–Crippen MR) is 145 cm³/mol. The molecule has 6 rings (SSSR count). The van der Waals surface area contributed by atoms with Crippen LogP contribution in [-0.4, -0.2) is 0 Å². The van der Waals surface area contributed by atoms with Crippen LogP contribution in [0.5, 0.6) is 0 Å². The molecule has 0 aliphatic carbocycles. The molecule has 0 amide bonds. The minimum absolute atomic E-state index is 0.857. The van der Waals surface area contributed by atoms with Gasteiger partial charge in [-0.15, -0.1) is 22.7 Å². The lowest BCUT2D eigenvalue weighted by Crippen LogP contribution is -2.19. The quantitative estimate of drug-likeness (QED) is 0.198. The Labute approximate surface area is 207 Å². The average molecular weight is 489 g/mol. The molecule has 3 heterocycles. The maximum absolute atomic E-state index is 14.8. The van der Waals surface area contributed by atoms with E-state index in [4.69, 9.17) is 0 Å². The molecule has 0 radical (unpaired) electrons. The van der Waals surface area contributed by atoms with E-state index in [0.29, 0.717) is 0 Å². The smallest absolute Gasteiger partial charge is 0.174 e. The summed E-state index contributed by atoms with van der Waals surface area (Å²) in [5, 5.41) is 2.67. The fraction of sp³-hybridized carbons (Fsp3) is 0. The van der Waals surface area contributed by atoms with Crippen molar-refractivity contribution < 1.29 is 4.57 Å². The molecule has 5 aromatic rings. The van der Waals surface area contributed by atoms with Crippen LogP contribution in [0, 0.1) is 23.7 Å². The topological polar surface area (TPSA) is 17.1 Å². The second-order valence-corrected chi connectivity index (χ2v) is 12.6. The van der Waals surface area contributed by atoms with Crippen LogP contribution in [0.2, 0.25) is 0 Å². The van der Waals surface area contributed by atoms with E-state index in [9.17, 15) is 4.57 Å². The summed E-state index contributed by atoms with van der Waals surface area (Å²) in [5.41, 5.74) is 1.94. The van der Waals surface area contributed by atoms with Gasteiger partial charge in [0.15, 0.2) is 7.14 Å². The Balaban J connectivity index is 1.48. The molecule has 0 unspecified atom stereocenters. The van der Waals surface area contributed by atoms with E-state index >= 15 is 0 Å². The molecule has 0 spiro atoms. The van der Waals surface area contributed by atoms with Gasteiger partial charge in [-0.25, -0.2) is 0 Å². The largest absolute Gasteiger partial charge is 0.309 e. The molecule has 3 aromatic carbocycles. The van der Waals surface area contributed by atoms with Gasteiger partial charge in [0.1, 0.15) is 0 Å². The van der Waals surface area contributed by atoms with E-state index in [1.807, 2.05) is 103 Å². The molecule has 160 valence electrons. The summed E-state index contributed by atoms with van der Waals surface area (Å²) in [5.74, 6) is 13.0. The second kappa shape index (κ2) is 8.64. The molecule has 0 saturated carbocycles. The van der Waals surface area contributed by atoms with E-state index in [2.05, 4.69) is 23.7 Å². The Kier molecular flexibility index (Phi) is 5.33. The van der Waals surface area contributed by atoms with Crippen LogP contribution in [-0.2, 0) is 4.57 Å². The molecule has 1 aliphatic heterocycles. The first-order valence-electron chi connectivity index (χ1n) is 10.8. The van der Waals surface area contributed by atoms with Crippen LogP contribution < -0.4 is 15.9 Å². The summed E-state index contributed by atoms with van der Waals surface area (Å²) in [6.07, 6.45) is 0. The Bertz CT molecular complexity index is 1570. The van der Waals surface area contributed by atoms with Crippen LogP contribution in [0.25, 0.3) is 9.75 Å². The number of hydrogen-bond acceptors (Lipinski definition) is 3. The van der Waals surface area contributed by atoms with Gasteiger partial charge in [0.25, 0.3) is 0 Å². The Morgan fingerprint density at radius 3 is 1.38 bits per heavy atom. The van der Waals surface area contributed by atoms with Crippen molar-refractivity contribution in [2.24, 2.45) is 0 Å². The zero-order valence-electron chi connectivity index (χ0n) is 18.0. The maximum atomic E-state index is 14.8. The van der Waals surface area contributed by atoms with Gasteiger partial charge >= 0.3 is 0 Å². The standard InChI is InChI=1S/C30H17OPS2/c31-32(24-14-8-3-9-15-24)27-20-25(18-16-22-10-4-1-5-11-22)33-29(27)30-28(32)21-26(34-30)19-17-23-12-6-2-7-13-23/h1-15,20-21H. The summed E-state index contributed by atoms with van der Waals surface area (Å²) in [4.78, 5) is 4.00. The first-order valence-corrected chi connectivity index (χ1v) is 14.1. The third-order valence-corrected chi connectivity index (χ3v) is 11.3. The molecule has 34 heavy (non-hydrogen) atoms. The molecule has 0 N–H and O–H groups in total. The normalized spacial score (nSPS) is 12.6. The van der Waals surface area contributed by atoms with Gasteiger partial charge in [-0.1, -0.05) is 90.4 Å². The van der Waals surface area contributed by atoms with Gasteiger partial charge in [0.05, 0.1) is 19.5 Å². The summed E-state index contributed by atoms with van der Waals surface area (Å²) in [6.45, 7) is 0. The Hall–Kier alpha value is -3.59. The highest BCUT2D eigenvalue weighted by atomic mass is 32.1. The lowest BCUT2D eigenvalue weighted by atomic mass is 10.2. The van der Waals surface area contributed by atoms with Gasteiger partial charge in [-0.3, -0.25) is 0 Å². The highest BCUT2D eigenvalue weighted by Gasteiger charge is 2.43. The van der Waals surface area contributed by atoms with Crippen LogP contribution >= 0.6 is 29.8 Å². The van der Waals surface area contributed by atoms with Gasteiger partial charge in [-0.2, -0.15) is 0 Å². The first-order chi connectivity index (χ1) is 16.7. The molecule has 4 heteroatoms. The number of rotatable bonds is 1. The molecular weight excluding hydrogens is 471 g/mol. The van der Waals surface area contributed by atoms with Gasteiger partial charge in [0, 0.05) is 27.0 Å². The van der Waals surface area contributed by atoms with Crippen molar-refractivity contribution in [1.82, 2.24) is 0 Å². The molecule has 2 aromatic heterocycles. The van der Waals surface area contributed by atoms with E-state index in [1.54, 1.807) is 22.7 Å². The predicted octanol–water partition coefficient (Wildman–Crippen LogP) is 6.23. The SMILES string of the molecule is O=P1(c2ccccc2)c2cc(C#Cc3ccccc3)sc2-c2sc(C#Cc3ccccc3)cc21. The van der Waals surface area contributed by atoms with Crippen molar-refractivity contribution in [3.63, 3.8) is 0 Å². The number of fused-ring (bicyclic) bond motifs is 3. The molecule has 1 nitrogen and oxygen atoms in total. The van der Waals surface area contributed by atoms with Crippen LogP contribution in [0.1, 0.15) is 20.9 Å². The van der Waals surface area contributed by atoms with Crippen molar-refractivity contribution in [3.05, 3.63) is 124 Å². The third-order valence-electron chi connectivity index (χ3n) is 5.64. The molecular formula is C30H17OPS2. The van der Waals surface area contributed by atoms with Crippen molar-refractivity contribution >= 4 is 45.7 Å². The van der Waals surface area contributed by atoms with E-state index in [1.165, 1.54) is 0 Å². The number of hydrogen-bond donors (Lipinski definition) is 0. The molecule has 0 bridgehead atoms. The fourth-order valence-electron chi connectivity index (χ4n) is 4.04. The lowest BCUT2D eigenvalue weighted by molar-refractivity contribution is 0.593. The molecule has 1 aliphatic rings. The average Bonchev–Trinajstić information content (AvgIpc) is 3.57. The number of benzene rings is 3. The highest BCUT2D eigenvalue weighted by molar-refractivity contribution is 7.87. The first kappa shape index (κ1) is 21.0. The third kappa shape index (κ3) is 3.66. The van der Waals surface area contributed by atoms with Crippen LogP contribution in [0.3, 0.4) is 0 Å². The highest BCUT2D eigenvalue weighted by Crippen LogP contribution is 2.56. The van der Waals surface area contributed by atoms with Gasteiger partial charge in [0.2, 0.25) is 0 Å². The fourth-order valence-corrected chi connectivity index (χ4v) is 10.2. The minimum atomic E-state index is -2.97. The zero-order valence-corrected chi connectivity index (χ0v) is 20.5. The summed E-state index contributed by atoms with van der Waals surface area (Å²) >= 11 is 3.25. The van der Waals surface area contributed by atoms with E-state index in [0.717, 1.165) is 46.5 Å². The molecule has 0 saturated heterocycles. The Morgan fingerprint density at radius 2 is 0.941 bits per heavy atom. The van der Waals surface area contributed by atoms with Crippen molar-refractivity contribution in [2.45, 2.75) is 0 Å². The summed E-state index contributed by atoms with van der Waals surface area (Å²) in [6, 6.07) is 33.8. The van der Waals surface area contributed by atoms with Crippen molar-refractivity contribution in [1.29, 1.82) is 0 Å². The zero-order chi connectivity index (χ0) is 23.0. The minimum Gasteiger partial charge on any atom is -0.309 e. The summed E-state index contributed by atoms with van der Waals surface area (Å²) < 4.78 is 14.8. The van der Waals surface area contributed by atoms with Crippen molar-refractivity contribution in [3.8, 4) is 33.4 Å². The second-order valence-electron chi connectivity index (χ2n) is 7.83. The van der Waals surface area contributed by atoms with Gasteiger partial charge in [-0.05, 0) is 36.4 Å². The monoisotopic (exact) mass is 488 g/mol. The van der Waals surface area contributed by atoms with Crippen LogP contribution in [0.4, 0.5) is 0 Å². The van der Waals surface area contributed by atoms with Crippen molar-refractivity contribution in [2.75, 3.05) is 0 Å². The maximum Gasteiger partial charge on any atom is 0.174 e. The van der Waals surface area contributed by atoms with E-state index < -0.39 is 7.14 Å². The van der Waals surface area contributed by atoms with Crippen LogP contribution in [0.15, 0.2) is 103 Å². The molecule has 0 fully saturated rings. The Morgan fingerprint density at radius 1 is 0.529 bits per heavy atom. The molecule has 0 atom stereocenters. The number of thiophene rings is 2.